The van der Waals surface area contributed by atoms with Crippen LogP contribution in [0.4, 0.5) is 5.69 Å². The number of aliphatic hydroxyl groups is 1. The van der Waals surface area contributed by atoms with Gasteiger partial charge in [0.05, 0.1) is 23.7 Å². The lowest BCUT2D eigenvalue weighted by Gasteiger charge is -2.42. The van der Waals surface area contributed by atoms with Crippen LogP contribution in [0.15, 0.2) is 58.3 Å². The maximum Gasteiger partial charge on any atom is 0.158 e. The molecule has 5 nitrogen and oxygen atoms in total. The first-order chi connectivity index (χ1) is 12.7. The number of hydrogen-bond acceptors (Lipinski definition) is 5. The van der Waals surface area contributed by atoms with E-state index >= 15 is 0 Å². The first-order valence-corrected chi connectivity index (χ1v) is 9.04. The zero-order valence-corrected chi connectivity index (χ0v) is 16.1. The third kappa shape index (κ3) is 3.74. The molecule has 1 aliphatic carbocycles. The van der Waals surface area contributed by atoms with Gasteiger partial charge in [0, 0.05) is 23.4 Å². The van der Waals surface area contributed by atoms with E-state index in [0.29, 0.717) is 17.0 Å². The van der Waals surface area contributed by atoms with Gasteiger partial charge >= 0.3 is 0 Å². The summed E-state index contributed by atoms with van der Waals surface area (Å²) in [4.78, 5) is 25.0. The minimum absolute atomic E-state index is 0.146. The third-order valence-corrected chi connectivity index (χ3v) is 5.19. The summed E-state index contributed by atoms with van der Waals surface area (Å²) in [6.45, 7) is 6.58. The molecule has 3 rings (SSSR count). The van der Waals surface area contributed by atoms with E-state index in [9.17, 15) is 14.7 Å². The number of nitrogens with one attached hydrogen (secondary N) is 1. The minimum Gasteiger partial charge on any atom is -0.469 e. The number of ketones is 2. The van der Waals surface area contributed by atoms with Crippen molar-refractivity contribution in [2.75, 3.05) is 5.32 Å². The van der Waals surface area contributed by atoms with Crippen LogP contribution in [-0.4, -0.2) is 22.3 Å². The Hall–Kier alpha value is -2.66. The largest absolute Gasteiger partial charge is 0.469 e. The van der Waals surface area contributed by atoms with Crippen LogP contribution < -0.4 is 5.32 Å². The molecule has 0 bridgehead atoms. The van der Waals surface area contributed by atoms with Crippen molar-refractivity contribution in [1.82, 2.24) is 0 Å². The SMILES string of the molecule is CC(=O)C1=C(Nc2ccc(C)cc2)C[C@](C)(O)[C@@H](C(C)=O)[C@@H]1c1ccco1. The van der Waals surface area contributed by atoms with Crippen molar-refractivity contribution in [2.24, 2.45) is 5.92 Å². The van der Waals surface area contributed by atoms with Crippen molar-refractivity contribution in [2.45, 2.75) is 45.6 Å². The Morgan fingerprint density at radius 3 is 2.37 bits per heavy atom. The van der Waals surface area contributed by atoms with E-state index < -0.39 is 17.4 Å². The summed E-state index contributed by atoms with van der Waals surface area (Å²) in [5.74, 6) is -1.20. The molecular weight excluding hydrogens is 342 g/mol. The maximum absolute atomic E-state index is 12.6. The molecule has 0 spiro atoms. The van der Waals surface area contributed by atoms with Gasteiger partial charge in [-0.15, -0.1) is 0 Å². The number of carbonyl (C=O) groups excluding carboxylic acids is 2. The average Bonchev–Trinajstić information content (AvgIpc) is 3.09. The fourth-order valence-electron chi connectivity index (χ4n) is 4.08. The zero-order valence-electron chi connectivity index (χ0n) is 16.1. The van der Waals surface area contributed by atoms with Gasteiger partial charge in [0.15, 0.2) is 5.78 Å². The topological polar surface area (TPSA) is 79.5 Å². The van der Waals surface area contributed by atoms with Crippen LogP contribution in [0, 0.1) is 12.8 Å². The van der Waals surface area contributed by atoms with Gasteiger partial charge in [-0.05, 0) is 52.0 Å². The van der Waals surface area contributed by atoms with Crippen molar-refractivity contribution in [3.63, 3.8) is 0 Å². The van der Waals surface area contributed by atoms with Crippen LogP contribution in [0.1, 0.15) is 44.4 Å². The molecule has 0 saturated heterocycles. The summed E-state index contributed by atoms with van der Waals surface area (Å²) in [5.41, 5.74) is 1.74. The average molecular weight is 367 g/mol. The Bertz CT molecular complexity index is 876. The Morgan fingerprint density at radius 1 is 1.19 bits per heavy atom. The van der Waals surface area contributed by atoms with E-state index in [4.69, 9.17) is 4.42 Å². The molecule has 0 saturated carbocycles. The quantitative estimate of drug-likeness (QED) is 0.835. The maximum atomic E-state index is 12.6. The number of furan rings is 1. The lowest BCUT2D eigenvalue weighted by Crippen LogP contribution is -2.48. The fraction of sp³-hybridized carbons (Fsp3) is 0.364. The molecule has 1 aromatic heterocycles. The Labute approximate surface area is 159 Å². The Morgan fingerprint density at radius 2 is 1.85 bits per heavy atom. The van der Waals surface area contributed by atoms with E-state index in [2.05, 4.69) is 5.32 Å². The molecule has 5 heteroatoms. The number of anilines is 1. The van der Waals surface area contributed by atoms with Gasteiger partial charge in [0.1, 0.15) is 11.5 Å². The lowest BCUT2D eigenvalue weighted by atomic mass is 9.65. The predicted octanol–water partition coefficient (Wildman–Crippen LogP) is 3.99. The lowest BCUT2D eigenvalue weighted by molar-refractivity contribution is -0.131. The Balaban J connectivity index is 2.16. The summed E-state index contributed by atoms with van der Waals surface area (Å²) in [6.07, 6.45) is 1.69. The first kappa shape index (κ1) is 19.1. The van der Waals surface area contributed by atoms with Crippen LogP contribution in [0.25, 0.3) is 0 Å². The molecule has 27 heavy (non-hydrogen) atoms. The van der Waals surface area contributed by atoms with Gasteiger partial charge in [-0.25, -0.2) is 0 Å². The van der Waals surface area contributed by atoms with Gasteiger partial charge in [0.2, 0.25) is 0 Å². The highest BCUT2D eigenvalue weighted by atomic mass is 16.3. The van der Waals surface area contributed by atoms with E-state index in [1.165, 1.54) is 20.1 Å². The highest BCUT2D eigenvalue weighted by Gasteiger charge is 2.50. The number of Topliss-reactive ketones (excluding diaryl/α,β-unsaturated/α-hetero) is 2. The summed E-state index contributed by atoms with van der Waals surface area (Å²) >= 11 is 0. The Kier molecular flexibility index (Phi) is 5.07. The van der Waals surface area contributed by atoms with Gasteiger partial charge in [-0.3, -0.25) is 9.59 Å². The normalized spacial score (nSPS) is 25.4. The van der Waals surface area contributed by atoms with E-state index in [1.807, 2.05) is 31.2 Å². The fourth-order valence-corrected chi connectivity index (χ4v) is 4.08. The number of aryl methyl sites for hydroxylation is 1. The molecule has 1 aliphatic rings. The summed E-state index contributed by atoms with van der Waals surface area (Å²) in [7, 11) is 0. The van der Waals surface area contributed by atoms with Crippen LogP contribution in [0.2, 0.25) is 0 Å². The molecular formula is C22H25NO4. The summed E-state index contributed by atoms with van der Waals surface area (Å²) in [5, 5.41) is 14.4. The van der Waals surface area contributed by atoms with E-state index in [0.717, 1.165) is 11.3 Å². The number of rotatable bonds is 5. The number of allylic oxidation sites excluding steroid dienone is 1. The number of hydrogen-bond donors (Lipinski definition) is 2. The monoisotopic (exact) mass is 367 g/mol. The molecule has 3 atom stereocenters. The highest BCUT2D eigenvalue weighted by Crippen LogP contribution is 2.47. The molecule has 2 N–H and O–H groups in total. The second-order valence-electron chi connectivity index (χ2n) is 7.55. The molecule has 0 unspecified atom stereocenters. The predicted molar refractivity (Wildman–Crippen MR) is 103 cm³/mol. The first-order valence-electron chi connectivity index (χ1n) is 9.04. The van der Waals surface area contributed by atoms with Gasteiger partial charge in [-0.2, -0.15) is 0 Å². The molecule has 0 amide bonds. The van der Waals surface area contributed by atoms with Crippen molar-refractivity contribution in [3.8, 4) is 0 Å². The van der Waals surface area contributed by atoms with Crippen LogP contribution in [0.5, 0.6) is 0 Å². The van der Waals surface area contributed by atoms with Gasteiger partial charge in [-0.1, -0.05) is 17.7 Å². The molecule has 1 heterocycles. The minimum atomic E-state index is -1.31. The van der Waals surface area contributed by atoms with Crippen LogP contribution >= 0.6 is 0 Å². The van der Waals surface area contributed by atoms with E-state index in [1.54, 1.807) is 19.1 Å². The van der Waals surface area contributed by atoms with E-state index in [-0.39, 0.29) is 18.0 Å². The third-order valence-electron chi connectivity index (χ3n) is 5.19. The molecule has 0 aliphatic heterocycles. The number of benzene rings is 1. The summed E-state index contributed by atoms with van der Waals surface area (Å²) in [6, 6.07) is 11.3. The zero-order chi connectivity index (χ0) is 19.8. The summed E-state index contributed by atoms with van der Waals surface area (Å²) < 4.78 is 5.56. The van der Waals surface area contributed by atoms with Crippen molar-refractivity contribution in [1.29, 1.82) is 0 Å². The molecule has 0 fully saturated rings. The molecule has 142 valence electrons. The highest BCUT2D eigenvalue weighted by molar-refractivity contribution is 5.98. The smallest absolute Gasteiger partial charge is 0.158 e. The second-order valence-corrected chi connectivity index (χ2v) is 7.55. The molecule has 1 aromatic carbocycles. The van der Waals surface area contributed by atoms with Gasteiger partial charge in [0.25, 0.3) is 0 Å². The van der Waals surface area contributed by atoms with Crippen molar-refractivity contribution >= 4 is 17.3 Å². The van der Waals surface area contributed by atoms with Crippen molar-refractivity contribution < 1.29 is 19.1 Å². The van der Waals surface area contributed by atoms with Crippen LogP contribution in [-0.2, 0) is 9.59 Å². The standard InChI is InChI=1S/C22H25NO4/c1-13-7-9-16(10-8-13)23-17-12-22(4,26)21(15(3)25)20(19(17)14(2)24)18-6-5-11-27-18/h5-11,20-21,23,26H,12H2,1-4H3/t20-,21+,22+/m1/s1. The van der Waals surface area contributed by atoms with Crippen LogP contribution in [0.3, 0.4) is 0 Å². The molecule has 0 radical (unpaired) electrons. The van der Waals surface area contributed by atoms with Gasteiger partial charge < -0.3 is 14.8 Å². The second kappa shape index (κ2) is 7.16. The van der Waals surface area contributed by atoms with Crippen molar-refractivity contribution in [3.05, 3.63) is 65.3 Å². The molecule has 2 aromatic rings. The number of carbonyl (C=O) groups is 2.